The van der Waals surface area contributed by atoms with Crippen LogP contribution in [0, 0.1) is 0 Å². The minimum Gasteiger partial charge on any atom is -0.465 e. The van der Waals surface area contributed by atoms with Gasteiger partial charge in [0.15, 0.2) is 0 Å². The second kappa shape index (κ2) is 7.43. The van der Waals surface area contributed by atoms with E-state index in [1.807, 2.05) is 0 Å². The van der Waals surface area contributed by atoms with Crippen LogP contribution >= 0.6 is 11.3 Å². The van der Waals surface area contributed by atoms with Gasteiger partial charge < -0.3 is 21.1 Å². The first-order chi connectivity index (χ1) is 8.61. The number of anilines is 1. The van der Waals surface area contributed by atoms with Crippen LogP contribution in [-0.4, -0.2) is 41.9 Å². The highest BCUT2D eigenvalue weighted by Crippen LogP contribution is 2.10. The van der Waals surface area contributed by atoms with Crippen LogP contribution in [0.4, 0.5) is 9.93 Å². The molecule has 0 fully saturated rings. The number of carbonyl (C=O) groups is 2. The maximum absolute atomic E-state index is 11.3. The fourth-order valence-electron chi connectivity index (χ4n) is 1.08. The van der Waals surface area contributed by atoms with Crippen LogP contribution in [0.1, 0.15) is 11.9 Å². The zero-order chi connectivity index (χ0) is 13.4. The molecular formula is C9H15N5O3S. The zero-order valence-electron chi connectivity index (χ0n) is 9.93. The molecule has 0 spiro atoms. The van der Waals surface area contributed by atoms with Gasteiger partial charge in [-0.2, -0.15) is 0 Å². The van der Waals surface area contributed by atoms with E-state index in [9.17, 15) is 9.59 Å². The zero-order valence-corrected chi connectivity index (χ0v) is 10.7. The van der Waals surface area contributed by atoms with E-state index in [1.54, 1.807) is 6.92 Å². The van der Waals surface area contributed by atoms with Gasteiger partial charge in [-0.1, -0.05) is 11.3 Å². The Bertz CT molecular complexity index is 409. The second-order valence-electron chi connectivity index (χ2n) is 3.20. The topological polar surface area (TPSA) is 119 Å². The lowest BCUT2D eigenvalue weighted by molar-refractivity contribution is -0.141. The molecule has 2 amide bonds. The summed E-state index contributed by atoms with van der Waals surface area (Å²) >= 11 is 1.27. The molecule has 8 nitrogen and oxygen atoms in total. The maximum Gasteiger partial charge on any atom is 0.325 e. The second-order valence-corrected chi connectivity index (χ2v) is 4.29. The molecule has 0 atom stereocenters. The molecule has 4 N–H and O–H groups in total. The molecule has 9 heteroatoms. The molecule has 1 aromatic rings. The Hall–Kier alpha value is -1.90. The predicted molar refractivity (Wildman–Crippen MR) is 66.1 cm³/mol. The number of nitrogens with two attached hydrogens (primary N) is 1. The average Bonchev–Trinajstić information content (AvgIpc) is 2.73. The standard InChI is InChI=1S/C9H15N5O3S/c1-2-17-7(15)5-12-9(16)11-4-3-6-13-14-8(10)18-6/h2-5H2,1H3,(H2,10,14)(H2,11,12,16). The predicted octanol–water partition coefficient (Wildman–Crippen LogP) is -0.475. The SMILES string of the molecule is CCOC(=O)CNC(=O)NCCc1nnc(N)s1. The van der Waals surface area contributed by atoms with Crippen molar-refractivity contribution in [2.75, 3.05) is 25.4 Å². The van der Waals surface area contributed by atoms with Gasteiger partial charge in [-0.3, -0.25) is 4.79 Å². The van der Waals surface area contributed by atoms with Gasteiger partial charge in [-0.05, 0) is 6.92 Å². The van der Waals surface area contributed by atoms with Gasteiger partial charge in [-0.25, -0.2) is 4.79 Å². The first-order valence-electron chi connectivity index (χ1n) is 5.37. The summed E-state index contributed by atoms with van der Waals surface area (Å²) in [5, 5.41) is 13.6. The molecule has 0 aromatic carbocycles. The number of urea groups is 1. The lowest BCUT2D eigenvalue weighted by Gasteiger charge is -2.06. The third-order valence-corrected chi connectivity index (χ3v) is 2.62. The number of nitrogens with one attached hydrogen (secondary N) is 2. The van der Waals surface area contributed by atoms with Gasteiger partial charge in [0.05, 0.1) is 6.61 Å². The van der Waals surface area contributed by atoms with E-state index < -0.39 is 12.0 Å². The van der Waals surface area contributed by atoms with Crippen molar-refractivity contribution in [2.24, 2.45) is 0 Å². The van der Waals surface area contributed by atoms with Crippen molar-refractivity contribution in [1.29, 1.82) is 0 Å². The van der Waals surface area contributed by atoms with E-state index in [0.717, 1.165) is 5.01 Å². The molecule has 1 rings (SSSR count). The van der Waals surface area contributed by atoms with Crippen molar-refractivity contribution < 1.29 is 14.3 Å². The Morgan fingerprint density at radius 1 is 1.39 bits per heavy atom. The van der Waals surface area contributed by atoms with E-state index in [1.165, 1.54) is 11.3 Å². The molecule has 0 aliphatic carbocycles. The fraction of sp³-hybridized carbons (Fsp3) is 0.556. The van der Waals surface area contributed by atoms with Gasteiger partial charge in [0.2, 0.25) is 5.13 Å². The number of rotatable bonds is 6. The maximum atomic E-state index is 11.3. The minimum absolute atomic E-state index is 0.147. The third kappa shape index (κ3) is 5.43. The quantitative estimate of drug-likeness (QED) is 0.602. The van der Waals surface area contributed by atoms with E-state index in [4.69, 9.17) is 5.73 Å². The molecule has 0 aliphatic rings. The molecule has 1 heterocycles. The lowest BCUT2D eigenvalue weighted by Crippen LogP contribution is -2.39. The number of aromatic nitrogens is 2. The Morgan fingerprint density at radius 3 is 2.78 bits per heavy atom. The smallest absolute Gasteiger partial charge is 0.325 e. The molecule has 0 radical (unpaired) electrons. The van der Waals surface area contributed by atoms with Crippen molar-refractivity contribution >= 4 is 28.5 Å². The summed E-state index contributed by atoms with van der Waals surface area (Å²) < 4.78 is 4.66. The molecule has 100 valence electrons. The Kier molecular flexibility index (Phi) is 5.85. The minimum atomic E-state index is -0.468. The van der Waals surface area contributed by atoms with E-state index in [2.05, 4.69) is 25.6 Å². The van der Waals surface area contributed by atoms with Gasteiger partial charge in [0.1, 0.15) is 11.6 Å². The van der Waals surface area contributed by atoms with Crippen LogP contribution in [0.2, 0.25) is 0 Å². The van der Waals surface area contributed by atoms with Crippen LogP contribution in [0.15, 0.2) is 0 Å². The first-order valence-corrected chi connectivity index (χ1v) is 6.18. The number of amides is 2. The van der Waals surface area contributed by atoms with Gasteiger partial charge in [-0.15, -0.1) is 10.2 Å². The summed E-state index contributed by atoms with van der Waals surface area (Å²) in [6.45, 7) is 2.24. The van der Waals surface area contributed by atoms with E-state index >= 15 is 0 Å². The lowest BCUT2D eigenvalue weighted by atomic mass is 10.4. The number of nitrogens with zero attached hydrogens (tertiary/aromatic N) is 2. The first kappa shape index (κ1) is 14.2. The molecule has 0 saturated carbocycles. The van der Waals surface area contributed by atoms with Gasteiger partial charge in [0.25, 0.3) is 0 Å². The number of hydrogen-bond donors (Lipinski definition) is 3. The van der Waals surface area contributed by atoms with Crippen LogP contribution in [0.3, 0.4) is 0 Å². The Labute approximate surface area is 108 Å². The van der Waals surface area contributed by atoms with E-state index in [0.29, 0.717) is 24.7 Å². The molecule has 1 aromatic heterocycles. The molecule has 0 unspecified atom stereocenters. The fourth-order valence-corrected chi connectivity index (χ4v) is 1.69. The normalized spacial score (nSPS) is 9.83. The molecule has 0 bridgehead atoms. The number of nitrogen functional groups attached to an aromatic ring is 1. The van der Waals surface area contributed by atoms with Crippen LogP contribution in [0.5, 0.6) is 0 Å². The number of esters is 1. The summed E-state index contributed by atoms with van der Waals surface area (Å²) in [5.74, 6) is -0.468. The van der Waals surface area contributed by atoms with Gasteiger partial charge >= 0.3 is 12.0 Å². The van der Waals surface area contributed by atoms with Crippen LogP contribution in [-0.2, 0) is 16.0 Å². The van der Waals surface area contributed by atoms with Crippen molar-refractivity contribution in [2.45, 2.75) is 13.3 Å². The monoisotopic (exact) mass is 273 g/mol. The van der Waals surface area contributed by atoms with Crippen molar-refractivity contribution in [3.63, 3.8) is 0 Å². The Balaban J connectivity index is 2.12. The van der Waals surface area contributed by atoms with Crippen molar-refractivity contribution in [3.8, 4) is 0 Å². The summed E-state index contributed by atoms with van der Waals surface area (Å²) in [6.07, 6.45) is 0.543. The number of hydrogen-bond acceptors (Lipinski definition) is 7. The summed E-state index contributed by atoms with van der Waals surface area (Å²) in [6, 6.07) is -0.430. The highest BCUT2D eigenvalue weighted by atomic mass is 32.1. The highest BCUT2D eigenvalue weighted by molar-refractivity contribution is 7.15. The van der Waals surface area contributed by atoms with Gasteiger partial charge in [0, 0.05) is 13.0 Å². The van der Waals surface area contributed by atoms with Crippen molar-refractivity contribution in [1.82, 2.24) is 20.8 Å². The number of carbonyl (C=O) groups excluding carboxylic acids is 2. The Morgan fingerprint density at radius 2 is 2.17 bits per heavy atom. The summed E-state index contributed by atoms with van der Waals surface area (Å²) in [5.41, 5.74) is 5.41. The molecule has 0 saturated heterocycles. The average molecular weight is 273 g/mol. The molecular weight excluding hydrogens is 258 g/mol. The van der Waals surface area contributed by atoms with E-state index in [-0.39, 0.29) is 6.54 Å². The molecule has 18 heavy (non-hydrogen) atoms. The summed E-state index contributed by atoms with van der Waals surface area (Å²) in [4.78, 5) is 22.2. The van der Waals surface area contributed by atoms with Crippen LogP contribution < -0.4 is 16.4 Å². The largest absolute Gasteiger partial charge is 0.465 e. The molecule has 0 aliphatic heterocycles. The van der Waals surface area contributed by atoms with Crippen LogP contribution in [0.25, 0.3) is 0 Å². The summed E-state index contributed by atoms with van der Waals surface area (Å²) in [7, 11) is 0. The number of ether oxygens (including phenoxy) is 1. The van der Waals surface area contributed by atoms with Crippen molar-refractivity contribution in [3.05, 3.63) is 5.01 Å². The third-order valence-electron chi connectivity index (χ3n) is 1.81. The highest BCUT2D eigenvalue weighted by Gasteiger charge is 2.06.